The van der Waals surface area contributed by atoms with Gasteiger partial charge in [-0.2, -0.15) is 8.42 Å². The van der Waals surface area contributed by atoms with Crippen LogP contribution in [0, 0.1) is 0 Å². The summed E-state index contributed by atoms with van der Waals surface area (Å²) in [5.41, 5.74) is 1.50. The molecule has 0 aliphatic heterocycles. The van der Waals surface area contributed by atoms with Crippen molar-refractivity contribution in [3.05, 3.63) is 77.7 Å². The van der Waals surface area contributed by atoms with Gasteiger partial charge in [0.15, 0.2) is 0 Å². The molecule has 0 aromatic heterocycles. The third kappa shape index (κ3) is 10.4. The van der Waals surface area contributed by atoms with Gasteiger partial charge in [-0.1, -0.05) is 55.1 Å². The van der Waals surface area contributed by atoms with Gasteiger partial charge in [0.05, 0.1) is 4.90 Å². The Morgan fingerprint density at radius 1 is 0.880 bits per heavy atom. The molecule has 0 atom stereocenters. The van der Waals surface area contributed by atoms with Gasteiger partial charge in [0, 0.05) is 5.41 Å². The topological polar surface area (TPSA) is 112 Å². The third-order valence-corrected chi connectivity index (χ3v) is 3.98. The minimum absolute atomic E-state index is 0. The summed E-state index contributed by atoms with van der Waals surface area (Å²) < 4.78 is 60.2. The summed E-state index contributed by atoms with van der Waals surface area (Å²) >= 11 is 0. The molecule has 1 N–H and O–H groups in total. The van der Waals surface area contributed by atoms with Crippen LogP contribution < -0.4 is 29.6 Å². The minimum Gasteiger partial charge on any atom is -0.744 e. The van der Waals surface area contributed by atoms with E-state index in [-0.39, 0.29) is 34.5 Å². The molecule has 6 nitrogen and oxygen atoms in total. The van der Waals surface area contributed by atoms with Crippen LogP contribution in [0.2, 0.25) is 0 Å². The fraction of sp³-hybridized carbons (Fsp3) is 0. The van der Waals surface area contributed by atoms with Crippen LogP contribution in [0.1, 0.15) is 11.1 Å². The molecule has 0 amide bonds. The second-order valence-corrected chi connectivity index (χ2v) is 7.13. The molecule has 0 saturated heterocycles. The molecule has 0 spiro atoms. The van der Waals surface area contributed by atoms with E-state index in [1.54, 1.807) is 42.5 Å². The Balaban J connectivity index is 0.000000443. The van der Waals surface area contributed by atoms with Crippen LogP contribution in [0.3, 0.4) is 0 Å². The van der Waals surface area contributed by atoms with Crippen LogP contribution in [0.5, 0.6) is 0 Å². The average Bonchev–Trinajstić information content (AvgIpc) is 2.53. The molecule has 0 aliphatic rings. The number of benzene rings is 2. The van der Waals surface area contributed by atoms with Crippen LogP contribution >= 0.6 is 0 Å². The molecule has 9 heteroatoms. The fourth-order valence-electron chi connectivity index (χ4n) is 1.50. The van der Waals surface area contributed by atoms with Crippen molar-refractivity contribution in [1.29, 1.82) is 0 Å². The quantitative estimate of drug-likeness (QED) is 0.571. The van der Waals surface area contributed by atoms with Gasteiger partial charge in [0.1, 0.15) is 10.1 Å². The molecule has 2 aromatic rings. The summed E-state index contributed by atoms with van der Waals surface area (Å²) in [4.78, 5) is -0.104. The molecular formula is C16H15NaO6S2. The van der Waals surface area contributed by atoms with Crippen molar-refractivity contribution in [2.75, 3.05) is 0 Å². The third-order valence-electron chi connectivity index (χ3n) is 2.64. The number of rotatable bonds is 4. The van der Waals surface area contributed by atoms with E-state index in [0.29, 0.717) is 11.0 Å². The SMILES string of the molecule is C=Cc1ccc(S(=O)(=O)O)cc1.O=S(=O)([O-])C=Cc1ccccc1.[Na+]. The largest absolute Gasteiger partial charge is 1.00 e. The van der Waals surface area contributed by atoms with Crippen molar-refractivity contribution in [3.8, 4) is 0 Å². The summed E-state index contributed by atoms with van der Waals surface area (Å²) in [5, 5.41) is 0.641. The molecule has 0 bridgehead atoms. The molecule has 2 rings (SSSR count). The zero-order chi connectivity index (χ0) is 18.2. The average molecular weight is 390 g/mol. The van der Waals surface area contributed by atoms with Crippen molar-refractivity contribution in [2.24, 2.45) is 0 Å². The molecule has 0 radical (unpaired) electrons. The van der Waals surface area contributed by atoms with E-state index < -0.39 is 20.2 Å². The standard InChI is InChI=1S/2C8H8O3S.Na/c1-2-7-3-5-8(6-4-7)12(9,10)11;9-12(10,11)7-6-8-4-2-1-3-5-8;/h2-6H,1H2,(H,9,10,11);1-7H,(H,9,10,11);/q;;+1/p-1. The van der Waals surface area contributed by atoms with Gasteiger partial charge in [-0.25, -0.2) is 8.42 Å². The van der Waals surface area contributed by atoms with E-state index >= 15 is 0 Å². The van der Waals surface area contributed by atoms with Gasteiger partial charge in [0.25, 0.3) is 10.1 Å². The van der Waals surface area contributed by atoms with Gasteiger partial charge < -0.3 is 4.55 Å². The van der Waals surface area contributed by atoms with E-state index in [1.165, 1.54) is 18.2 Å². The number of hydrogen-bond donors (Lipinski definition) is 1. The Hall–Kier alpha value is -1.26. The Morgan fingerprint density at radius 3 is 1.80 bits per heavy atom. The van der Waals surface area contributed by atoms with Crippen molar-refractivity contribution in [1.82, 2.24) is 0 Å². The van der Waals surface area contributed by atoms with E-state index in [0.717, 1.165) is 5.56 Å². The molecule has 128 valence electrons. The summed E-state index contributed by atoms with van der Waals surface area (Å²) in [7, 11) is -8.31. The first-order chi connectivity index (χ1) is 11.1. The van der Waals surface area contributed by atoms with Crippen molar-refractivity contribution >= 4 is 32.4 Å². The predicted octanol–water partition coefficient (Wildman–Crippen LogP) is -0.217. The summed E-state index contributed by atoms with van der Waals surface area (Å²) in [6.45, 7) is 3.51. The van der Waals surface area contributed by atoms with Gasteiger partial charge in [0.2, 0.25) is 0 Å². The Bertz CT molecular complexity index is 903. The van der Waals surface area contributed by atoms with Crippen LogP contribution in [0.25, 0.3) is 12.2 Å². The fourth-order valence-corrected chi connectivity index (χ4v) is 2.31. The molecule has 0 fully saturated rings. The summed E-state index contributed by atoms with van der Waals surface area (Å²) in [6, 6.07) is 14.5. The molecule has 0 unspecified atom stereocenters. The van der Waals surface area contributed by atoms with Gasteiger partial charge in [-0.05, 0) is 29.3 Å². The van der Waals surface area contributed by atoms with Crippen molar-refractivity contribution in [3.63, 3.8) is 0 Å². The first-order valence-corrected chi connectivity index (χ1v) is 9.42. The smallest absolute Gasteiger partial charge is 0.744 e. The summed E-state index contributed by atoms with van der Waals surface area (Å²) in [5.74, 6) is 0. The zero-order valence-electron chi connectivity index (χ0n) is 13.4. The Morgan fingerprint density at radius 2 is 1.40 bits per heavy atom. The Labute approximate surface area is 169 Å². The molecular weight excluding hydrogens is 375 g/mol. The first-order valence-electron chi connectivity index (χ1n) is 6.51. The second-order valence-electron chi connectivity index (χ2n) is 4.45. The maximum absolute atomic E-state index is 10.6. The maximum Gasteiger partial charge on any atom is 1.00 e. The maximum atomic E-state index is 10.6. The Kier molecular flexibility index (Phi) is 10.1. The van der Waals surface area contributed by atoms with Gasteiger partial charge in [-0.3, -0.25) is 4.55 Å². The van der Waals surface area contributed by atoms with Crippen molar-refractivity contribution in [2.45, 2.75) is 4.90 Å². The normalized spacial score (nSPS) is 11.1. The molecule has 0 saturated carbocycles. The monoisotopic (exact) mass is 390 g/mol. The van der Waals surface area contributed by atoms with Crippen molar-refractivity contribution < 1.29 is 55.5 Å². The van der Waals surface area contributed by atoms with Crippen LogP contribution in [-0.4, -0.2) is 25.9 Å². The second kappa shape index (κ2) is 10.7. The van der Waals surface area contributed by atoms with E-state index in [9.17, 15) is 21.4 Å². The molecule has 0 aliphatic carbocycles. The minimum atomic E-state index is -4.25. The van der Waals surface area contributed by atoms with Gasteiger partial charge >= 0.3 is 29.6 Å². The molecule has 0 heterocycles. The first kappa shape index (κ1) is 23.7. The van der Waals surface area contributed by atoms with E-state index in [1.807, 2.05) is 6.07 Å². The van der Waals surface area contributed by atoms with E-state index in [2.05, 4.69) is 6.58 Å². The van der Waals surface area contributed by atoms with E-state index in [4.69, 9.17) is 4.55 Å². The van der Waals surface area contributed by atoms with Crippen LogP contribution in [0.15, 0.2) is 71.5 Å². The molecule has 25 heavy (non-hydrogen) atoms. The van der Waals surface area contributed by atoms with Crippen LogP contribution in [-0.2, 0) is 20.2 Å². The molecule has 2 aromatic carbocycles. The summed E-state index contributed by atoms with van der Waals surface area (Å²) in [6.07, 6.45) is 2.86. The number of hydrogen-bond acceptors (Lipinski definition) is 5. The van der Waals surface area contributed by atoms with Gasteiger partial charge in [-0.15, -0.1) is 0 Å². The zero-order valence-corrected chi connectivity index (χ0v) is 17.1. The van der Waals surface area contributed by atoms with Crippen LogP contribution in [0.4, 0.5) is 0 Å². The predicted molar refractivity (Wildman–Crippen MR) is 91.5 cm³/mol.